The molecule has 2 amide bonds. The smallest absolute Gasteiger partial charge is 0.334 e. The first-order chi connectivity index (χ1) is 8.02. The quantitative estimate of drug-likeness (QED) is 0.754. The molecular weight excluding hydrogens is 314 g/mol. The van der Waals surface area contributed by atoms with Crippen molar-refractivity contribution in [3.63, 3.8) is 0 Å². The average Bonchev–Trinajstić information content (AvgIpc) is 2.64. The maximum atomic E-state index is 11.3. The molecule has 94 valence electrons. The molecule has 1 aromatic rings. The molecule has 0 aliphatic rings. The highest BCUT2D eigenvalue weighted by molar-refractivity contribution is 9.11. The topological polar surface area (TPSA) is 101 Å². The zero-order valence-electron chi connectivity index (χ0n) is 8.77. The fraction of sp³-hybridized carbons (Fsp3) is 0.375. The van der Waals surface area contributed by atoms with Gasteiger partial charge in [0.25, 0.3) is 0 Å². The van der Waals surface area contributed by atoms with Gasteiger partial charge in [-0.25, -0.2) is 14.6 Å². The minimum atomic E-state index is -1.13. The van der Waals surface area contributed by atoms with Crippen LogP contribution in [-0.2, 0) is 9.53 Å². The van der Waals surface area contributed by atoms with Crippen molar-refractivity contribution in [2.75, 3.05) is 19.0 Å². The third-order valence-corrected chi connectivity index (χ3v) is 3.10. The number of carboxylic acid groups (broad SMARTS) is 1. The predicted octanol–water partition coefficient (Wildman–Crippen LogP) is 1.13. The number of urea groups is 1. The van der Waals surface area contributed by atoms with Gasteiger partial charge in [0.15, 0.2) is 11.2 Å². The van der Waals surface area contributed by atoms with Gasteiger partial charge in [0.2, 0.25) is 0 Å². The number of aliphatic carboxylic acids is 1. The van der Waals surface area contributed by atoms with Gasteiger partial charge in [0, 0.05) is 7.11 Å². The van der Waals surface area contributed by atoms with E-state index in [0.29, 0.717) is 5.13 Å². The van der Waals surface area contributed by atoms with Gasteiger partial charge in [-0.1, -0.05) is 11.3 Å². The Morgan fingerprint density at radius 2 is 2.41 bits per heavy atom. The van der Waals surface area contributed by atoms with E-state index >= 15 is 0 Å². The predicted molar refractivity (Wildman–Crippen MR) is 65.3 cm³/mol. The van der Waals surface area contributed by atoms with Crippen LogP contribution >= 0.6 is 27.3 Å². The highest BCUT2D eigenvalue weighted by Gasteiger charge is 2.17. The Bertz CT molecular complexity index is 411. The fourth-order valence-corrected chi connectivity index (χ4v) is 2.01. The maximum Gasteiger partial charge on any atom is 0.334 e. The normalized spacial score (nSPS) is 11.9. The van der Waals surface area contributed by atoms with E-state index in [9.17, 15) is 9.59 Å². The molecule has 3 N–H and O–H groups in total. The van der Waals surface area contributed by atoms with E-state index in [1.54, 1.807) is 6.20 Å². The number of anilines is 1. The van der Waals surface area contributed by atoms with Crippen LogP contribution in [0.4, 0.5) is 9.93 Å². The number of amides is 2. The van der Waals surface area contributed by atoms with Crippen LogP contribution in [0.25, 0.3) is 0 Å². The summed E-state index contributed by atoms with van der Waals surface area (Å²) in [6.45, 7) is -0.121. The van der Waals surface area contributed by atoms with Crippen LogP contribution < -0.4 is 10.6 Å². The van der Waals surface area contributed by atoms with Crippen molar-refractivity contribution >= 4 is 44.4 Å². The zero-order chi connectivity index (χ0) is 12.8. The molecule has 1 aromatic heterocycles. The SMILES string of the molecule is COC(CNC(=O)Nc1ncc(Br)s1)C(=O)O. The van der Waals surface area contributed by atoms with Crippen LogP contribution in [0.5, 0.6) is 0 Å². The minimum Gasteiger partial charge on any atom is -0.479 e. The van der Waals surface area contributed by atoms with E-state index in [4.69, 9.17) is 5.11 Å². The van der Waals surface area contributed by atoms with Gasteiger partial charge < -0.3 is 15.2 Å². The second kappa shape index (κ2) is 6.52. The van der Waals surface area contributed by atoms with Crippen molar-refractivity contribution in [2.24, 2.45) is 0 Å². The van der Waals surface area contributed by atoms with E-state index in [2.05, 4.69) is 36.3 Å². The third kappa shape index (κ3) is 4.67. The van der Waals surface area contributed by atoms with Crippen molar-refractivity contribution in [2.45, 2.75) is 6.10 Å². The first-order valence-corrected chi connectivity index (χ1v) is 6.05. The standard InChI is InChI=1S/C8H10BrN3O4S/c1-16-4(6(13)14)2-10-7(15)12-8-11-3-5(9)17-8/h3-4H,2H2,1H3,(H,13,14)(H2,10,11,12,15). The molecule has 1 rings (SSSR count). The van der Waals surface area contributed by atoms with Gasteiger partial charge >= 0.3 is 12.0 Å². The van der Waals surface area contributed by atoms with Crippen molar-refractivity contribution in [3.8, 4) is 0 Å². The first-order valence-electron chi connectivity index (χ1n) is 4.44. The Kier molecular flexibility index (Phi) is 5.32. The summed E-state index contributed by atoms with van der Waals surface area (Å²) in [5, 5.41) is 13.9. The highest BCUT2D eigenvalue weighted by atomic mass is 79.9. The molecule has 9 heteroatoms. The van der Waals surface area contributed by atoms with E-state index < -0.39 is 18.1 Å². The van der Waals surface area contributed by atoms with Crippen molar-refractivity contribution < 1.29 is 19.4 Å². The molecule has 1 unspecified atom stereocenters. The number of carbonyl (C=O) groups excluding carboxylic acids is 1. The lowest BCUT2D eigenvalue weighted by Crippen LogP contribution is -2.39. The summed E-state index contributed by atoms with van der Waals surface area (Å²) in [6.07, 6.45) is 0.485. The molecular formula is C8H10BrN3O4S. The molecule has 0 saturated carbocycles. The number of hydrogen-bond donors (Lipinski definition) is 3. The molecule has 7 nitrogen and oxygen atoms in total. The highest BCUT2D eigenvalue weighted by Crippen LogP contribution is 2.22. The third-order valence-electron chi connectivity index (χ3n) is 1.71. The zero-order valence-corrected chi connectivity index (χ0v) is 11.2. The fourth-order valence-electron chi connectivity index (χ4n) is 0.910. The maximum absolute atomic E-state index is 11.3. The summed E-state index contributed by atoms with van der Waals surface area (Å²) in [6, 6.07) is -0.532. The van der Waals surface area contributed by atoms with Crippen LogP contribution in [0.3, 0.4) is 0 Å². The van der Waals surface area contributed by atoms with Gasteiger partial charge in [-0.15, -0.1) is 0 Å². The monoisotopic (exact) mass is 323 g/mol. The van der Waals surface area contributed by atoms with Gasteiger partial charge in [-0.05, 0) is 15.9 Å². The molecule has 0 aromatic carbocycles. The van der Waals surface area contributed by atoms with E-state index in [-0.39, 0.29) is 6.54 Å². The van der Waals surface area contributed by atoms with Gasteiger partial charge in [-0.2, -0.15) is 0 Å². The minimum absolute atomic E-state index is 0.121. The van der Waals surface area contributed by atoms with Crippen molar-refractivity contribution in [3.05, 3.63) is 9.98 Å². The van der Waals surface area contributed by atoms with E-state index in [0.717, 1.165) is 3.79 Å². The number of carbonyl (C=O) groups is 2. The molecule has 0 bridgehead atoms. The number of nitrogens with zero attached hydrogens (tertiary/aromatic N) is 1. The number of rotatable bonds is 5. The molecule has 1 heterocycles. The largest absolute Gasteiger partial charge is 0.479 e. The van der Waals surface area contributed by atoms with Crippen LogP contribution in [0.15, 0.2) is 9.98 Å². The summed E-state index contributed by atoms with van der Waals surface area (Å²) in [5.74, 6) is -1.13. The van der Waals surface area contributed by atoms with Crippen molar-refractivity contribution in [1.82, 2.24) is 10.3 Å². The van der Waals surface area contributed by atoms with Crippen LogP contribution in [0.2, 0.25) is 0 Å². The van der Waals surface area contributed by atoms with Gasteiger partial charge in [0.05, 0.1) is 16.5 Å². The lowest BCUT2D eigenvalue weighted by Gasteiger charge is -2.11. The average molecular weight is 324 g/mol. The molecule has 0 aliphatic carbocycles. The van der Waals surface area contributed by atoms with E-state index in [1.807, 2.05) is 0 Å². The number of carboxylic acids is 1. The molecule has 17 heavy (non-hydrogen) atoms. The number of nitrogens with one attached hydrogen (secondary N) is 2. The number of hydrogen-bond acceptors (Lipinski definition) is 5. The summed E-state index contributed by atoms with van der Waals surface area (Å²) >= 11 is 4.45. The first kappa shape index (κ1) is 13.9. The lowest BCUT2D eigenvalue weighted by molar-refractivity contribution is -0.147. The molecule has 0 fully saturated rings. The Labute approximate surface area is 109 Å². The summed E-state index contributed by atoms with van der Waals surface area (Å²) in [5.41, 5.74) is 0. The second-order valence-electron chi connectivity index (χ2n) is 2.87. The molecule has 0 radical (unpaired) electrons. The second-order valence-corrected chi connectivity index (χ2v) is 5.28. The number of thiazole rings is 1. The van der Waals surface area contributed by atoms with E-state index in [1.165, 1.54) is 18.4 Å². The Hall–Kier alpha value is -1.19. The number of ether oxygens (including phenoxy) is 1. The molecule has 0 spiro atoms. The number of halogens is 1. The Balaban J connectivity index is 2.37. The lowest BCUT2D eigenvalue weighted by atomic mass is 10.3. The Morgan fingerprint density at radius 1 is 1.71 bits per heavy atom. The van der Waals surface area contributed by atoms with Crippen molar-refractivity contribution in [1.29, 1.82) is 0 Å². The summed E-state index contributed by atoms with van der Waals surface area (Å²) in [4.78, 5) is 25.8. The van der Waals surface area contributed by atoms with Crippen LogP contribution in [0, 0.1) is 0 Å². The number of aromatic nitrogens is 1. The molecule has 0 aliphatic heterocycles. The van der Waals surface area contributed by atoms with Gasteiger partial charge in [0.1, 0.15) is 0 Å². The van der Waals surface area contributed by atoms with Crippen LogP contribution in [0.1, 0.15) is 0 Å². The summed E-state index contributed by atoms with van der Waals surface area (Å²) < 4.78 is 5.44. The molecule has 1 atom stereocenters. The van der Waals surface area contributed by atoms with Crippen LogP contribution in [-0.4, -0.2) is 41.8 Å². The van der Waals surface area contributed by atoms with Gasteiger partial charge in [-0.3, -0.25) is 5.32 Å². The molecule has 0 saturated heterocycles. The number of methoxy groups -OCH3 is 1. The Morgan fingerprint density at radius 3 is 2.88 bits per heavy atom. The summed E-state index contributed by atoms with van der Waals surface area (Å²) in [7, 11) is 1.26.